The number of anilines is 1. The van der Waals surface area contributed by atoms with Gasteiger partial charge in [0.15, 0.2) is 0 Å². The zero-order valence-electron chi connectivity index (χ0n) is 15.2. The fourth-order valence-electron chi connectivity index (χ4n) is 2.66. The van der Waals surface area contributed by atoms with Crippen LogP contribution in [0.15, 0.2) is 82.8 Å². The molecule has 2 aromatic carbocycles. The van der Waals surface area contributed by atoms with E-state index in [0.717, 1.165) is 4.88 Å². The number of ether oxygens (including phenoxy) is 1. The summed E-state index contributed by atoms with van der Waals surface area (Å²) in [6, 6.07) is 19.3. The van der Waals surface area contributed by atoms with Crippen molar-refractivity contribution in [3.8, 4) is 10.8 Å². The van der Waals surface area contributed by atoms with Gasteiger partial charge in [0.25, 0.3) is 5.91 Å². The molecule has 2 heterocycles. The molecular weight excluding hydrogens is 388 g/mol. The molecular formula is C22H16N2O4S. The molecule has 0 aliphatic heterocycles. The SMILES string of the molecule is O=C(Nc1ccccc1C(=O)OCc1coc(-c2cccs2)n1)c1ccccc1. The van der Waals surface area contributed by atoms with Crippen molar-refractivity contribution in [2.75, 3.05) is 5.32 Å². The quantitative estimate of drug-likeness (QED) is 0.457. The molecule has 6 nitrogen and oxygen atoms in total. The Morgan fingerprint density at radius 2 is 1.79 bits per heavy atom. The van der Waals surface area contributed by atoms with E-state index in [2.05, 4.69) is 10.3 Å². The Hall–Kier alpha value is -3.71. The molecule has 1 amide bonds. The van der Waals surface area contributed by atoms with E-state index in [1.54, 1.807) is 48.5 Å². The minimum Gasteiger partial charge on any atom is -0.455 e. The smallest absolute Gasteiger partial charge is 0.340 e. The van der Waals surface area contributed by atoms with Gasteiger partial charge in [-0.1, -0.05) is 36.4 Å². The highest BCUT2D eigenvalue weighted by atomic mass is 32.1. The normalized spacial score (nSPS) is 10.5. The van der Waals surface area contributed by atoms with Crippen molar-refractivity contribution in [1.82, 2.24) is 4.98 Å². The third kappa shape index (κ3) is 4.41. The van der Waals surface area contributed by atoms with Crippen molar-refractivity contribution >= 4 is 28.9 Å². The molecule has 7 heteroatoms. The van der Waals surface area contributed by atoms with Gasteiger partial charge in [-0.3, -0.25) is 4.79 Å². The number of aromatic nitrogens is 1. The van der Waals surface area contributed by atoms with Crippen LogP contribution in [0.5, 0.6) is 0 Å². The number of nitrogens with zero attached hydrogens (tertiary/aromatic N) is 1. The highest BCUT2D eigenvalue weighted by Crippen LogP contribution is 2.24. The summed E-state index contributed by atoms with van der Waals surface area (Å²) in [7, 11) is 0. The molecule has 0 aliphatic rings. The van der Waals surface area contributed by atoms with Gasteiger partial charge in [-0.2, -0.15) is 0 Å². The fraction of sp³-hybridized carbons (Fsp3) is 0.0455. The van der Waals surface area contributed by atoms with Crippen LogP contribution >= 0.6 is 11.3 Å². The monoisotopic (exact) mass is 404 g/mol. The Bertz CT molecular complexity index is 1120. The first-order chi connectivity index (χ1) is 14.2. The number of hydrogen-bond acceptors (Lipinski definition) is 6. The van der Waals surface area contributed by atoms with Crippen molar-refractivity contribution in [2.45, 2.75) is 6.61 Å². The topological polar surface area (TPSA) is 81.4 Å². The highest BCUT2D eigenvalue weighted by molar-refractivity contribution is 7.13. The molecule has 0 saturated carbocycles. The van der Waals surface area contributed by atoms with E-state index in [0.29, 0.717) is 22.8 Å². The van der Waals surface area contributed by atoms with Gasteiger partial charge < -0.3 is 14.5 Å². The molecule has 0 aliphatic carbocycles. The van der Waals surface area contributed by atoms with Gasteiger partial charge in [-0.05, 0) is 35.7 Å². The Labute approximate surface area is 170 Å². The number of rotatable bonds is 6. The predicted octanol–water partition coefficient (Wildman–Crippen LogP) is 5.01. The number of amides is 1. The summed E-state index contributed by atoms with van der Waals surface area (Å²) in [6.45, 7) is -0.0331. The Kier molecular flexibility index (Phi) is 5.49. The molecule has 0 fully saturated rings. The zero-order chi connectivity index (χ0) is 20.1. The molecule has 4 rings (SSSR count). The molecule has 0 saturated heterocycles. The van der Waals surface area contributed by atoms with Crippen LogP contribution in [0, 0.1) is 0 Å². The van der Waals surface area contributed by atoms with Gasteiger partial charge >= 0.3 is 5.97 Å². The van der Waals surface area contributed by atoms with Crippen LogP contribution in [-0.4, -0.2) is 16.9 Å². The number of oxazole rings is 1. The number of thiophene rings is 1. The van der Waals surface area contributed by atoms with Crippen molar-refractivity contribution in [1.29, 1.82) is 0 Å². The molecule has 0 atom stereocenters. The van der Waals surface area contributed by atoms with E-state index >= 15 is 0 Å². The second kappa shape index (κ2) is 8.53. The molecule has 0 unspecified atom stereocenters. The molecule has 0 bridgehead atoms. The fourth-order valence-corrected chi connectivity index (χ4v) is 3.31. The zero-order valence-corrected chi connectivity index (χ0v) is 16.0. The maximum absolute atomic E-state index is 12.6. The molecule has 4 aromatic rings. The lowest BCUT2D eigenvalue weighted by atomic mass is 10.1. The van der Waals surface area contributed by atoms with Gasteiger partial charge in [0, 0.05) is 5.56 Å². The van der Waals surface area contributed by atoms with Crippen LogP contribution in [0.1, 0.15) is 26.4 Å². The van der Waals surface area contributed by atoms with Crippen LogP contribution in [0.3, 0.4) is 0 Å². The molecule has 2 aromatic heterocycles. The number of hydrogen-bond donors (Lipinski definition) is 1. The van der Waals surface area contributed by atoms with Crippen molar-refractivity contribution in [3.63, 3.8) is 0 Å². The minimum absolute atomic E-state index is 0.0331. The summed E-state index contributed by atoms with van der Waals surface area (Å²) in [5, 5.41) is 4.69. The lowest BCUT2D eigenvalue weighted by Gasteiger charge is -2.10. The lowest BCUT2D eigenvalue weighted by molar-refractivity contribution is 0.0469. The van der Waals surface area contributed by atoms with Crippen LogP contribution in [-0.2, 0) is 11.3 Å². The average Bonchev–Trinajstić information content (AvgIpc) is 3.45. The molecule has 0 spiro atoms. The number of carbonyl (C=O) groups excluding carboxylic acids is 2. The third-order valence-corrected chi connectivity index (χ3v) is 4.92. The van der Waals surface area contributed by atoms with Gasteiger partial charge in [0.2, 0.25) is 5.89 Å². The van der Waals surface area contributed by atoms with E-state index in [1.807, 2.05) is 23.6 Å². The van der Waals surface area contributed by atoms with E-state index in [9.17, 15) is 9.59 Å². The molecule has 0 radical (unpaired) electrons. The van der Waals surface area contributed by atoms with E-state index in [4.69, 9.17) is 9.15 Å². The van der Waals surface area contributed by atoms with Crippen LogP contribution in [0.2, 0.25) is 0 Å². The number of carbonyl (C=O) groups is 2. The summed E-state index contributed by atoms with van der Waals surface area (Å²) in [6.07, 6.45) is 1.46. The van der Waals surface area contributed by atoms with Crippen molar-refractivity contribution in [2.24, 2.45) is 0 Å². The number of para-hydroxylation sites is 1. The van der Waals surface area contributed by atoms with Gasteiger partial charge in [0.1, 0.15) is 18.6 Å². The van der Waals surface area contributed by atoms with Gasteiger partial charge in [-0.25, -0.2) is 9.78 Å². The standard InChI is InChI=1S/C22H16N2O4S/c25-20(15-7-2-1-3-8-15)24-18-10-5-4-9-17(18)22(26)28-14-16-13-27-21(23-16)19-11-6-12-29-19/h1-13H,14H2,(H,24,25). The number of esters is 1. The predicted molar refractivity (Wildman–Crippen MR) is 110 cm³/mol. The largest absolute Gasteiger partial charge is 0.455 e. The molecule has 144 valence electrons. The van der Waals surface area contributed by atoms with E-state index in [-0.39, 0.29) is 18.1 Å². The highest BCUT2D eigenvalue weighted by Gasteiger charge is 2.16. The minimum atomic E-state index is -0.561. The first-order valence-corrected chi connectivity index (χ1v) is 9.69. The Balaban J connectivity index is 1.43. The summed E-state index contributed by atoms with van der Waals surface area (Å²) in [5.74, 6) is -0.376. The van der Waals surface area contributed by atoms with Gasteiger partial charge in [0.05, 0.1) is 16.1 Å². The van der Waals surface area contributed by atoms with Crippen LogP contribution in [0.4, 0.5) is 5.69 Å². The van der Waals surface area contributed by atoms with Crippen LogP contribution in [0.25, 0.3) is 10.8 Å². The number of nitrogens with one attached hydrogen (secondary N) is 1. The number of benzene rings is 2. The second-order valence-electron chi connectivity index (χ2n) is 6.06. The van der Waals surface area contributed by atoms with Crippen LogP contribution < -0.4 is 5.32 Å². The Morgan fingerprint density at radius 3 is 2.59 bits per heavy atom. The summed E-state index contributed by atoms with van der Waals surface area (Å²) in [4.78, 5) is 30.2. The van der Waals surface area contributed by atoms with Crippen molar-refractivity contribution < 1.29 is 18.7 Å². The summed E-state index contributed by atoms with van der Waals surface area (Å²) in [5.41, 5.74) is 1.65. The van der Waals surface area contributed by atoms with E-state index < -0.39 is 5.97 Å². The summed E-state index contributed by atoms with van der Waals surface area (Å²) < 4.78 is 10.8. The van der Waals surface area contributed by atoms with Gasteiger partial charge in [-0.15, -0.1) is 11.3 Å². The van der Waals surface area contributed by atoms with E-state index in [1.165, 1.54) is 17.6 Å². The lowest BCUT2D eigenvalue weighted by Crippen LogP contribution is -2.15. The maximum atomic E-state index is 12.6. The molecule has 1 N–H and O–H groups in total. The summed E-state index contributed by atoms with van der Waals surface area (Å²) >= 11 is 1.51. The first kappa shape index (κ1) is 18.6. The maximum Gasteiger partial charge on any atom is 0.340 e. The second-order valence-corrected chi connectivity index (χ2v) is 7.01. The average molecular weight is 404 g/mol. The Morgan fingerprint density at radius 1 is 1.00 bits per heavy atom. The van der Waals surface area contributed by atoms with Crippen molar-refractivity contribution in [3.05, 3.63) is 95.2 Å². The first-order valence-electron chi connectivity index (χ1n) is 8.81. The molecule has 29 heavy (non-hydrogen) atoms. The third-order valence-electron chi connectivity index (χ3n) is 4.07.